The number of carbonyl (C=O) groups is 7. The number of halogens is 1. The minimum atomic E-state index is -2.63. The van der Waals surface area contributed by atoms with Gasteiger partial charge in [-0.05, 0) is 97.6 Å². The van der Waals surface area contributed by atoms with E-state index in [4.69, 9.17) is 29.4 Å². The molecule has 7 heterocycles. The van der Waals surface area contributed by atoms with Crippen molar-refractivity contribution in [1.82, 2.24) is 24.3 Å². The number of phenols is 4. The number of carboxylic acids is 1. The number of rotatable bonds is 9. The van der Waals surface area contributed by atoms with E-state index < -0.39 is 164 Å². The summed E-state index contributed by atoms with van der Waals surface area (Å²) in [6, 6.07) is 3.00. The molecule has 1 unspecified atom stereocenters. The Morgan fingerprint density at radius 3 is 2.06 bits per heavy atom. The molecule has 2 saturated heterocycles. The number of carbonyl (C=O) groups excluding carboxylic acids is 6. The lowest BCUT2D eigenvalue weighted by Gasteiger charge is -2.50. The van der Waals surface area contributed by atoms with Gasteiger partial charge in [-0.3, -0.25) is 43.5 Å². The number of ether oxygens (including phenoxy) is 5. The molecule has 2 amide bonds. The number of hydrogen-bond acceptors (Lipinski definition) is 29. The third-order valence-electron chi connectivity index (χ3n) is 24.1. The van der Waals surface area contributed by atoms with Crippen molar-refractivity contribution < 1.29 is 113 Å². The van der Waals surface area contributed by atoms with Gasteiger partial charge in [0.25, 0.3) is 17.6 Å². The Bertz CT molecular complexity index is 5170. The number of aromatic carboxylic acids is 1. The van der Waals surface area contributed by atoms with Gasteiger partial charge in [0, 0.05) is 151 Å². The molecule has 34 heteroatoms. The first kappa shape index (κ1) is 87.7. The maximum Gasteiger partial charge on any atom is 0.341 e. The van der Waals surface area contributed by atoms with Gasteiger partial charge in [-0.1, -0.05) is 45.9 Å². The number of nitrogens with zero attached hydrogens (tertiary/aromatic N) is 8. The number of aliphatic hydroxyl groups excluding tert-OH is 4. The van der Waals surface area contributed by atoms with Crippen LogP contribution >= 0.6 is 0 Å². The zero-order chi connectivity index (χ0) is 86.8. The number of carboxylic acid groups (broad SMARTS) is 1. The van der Waals surface area contributed by atoms with Crippen molar-refractivity contribution in [3.63, 3.8) is 0 Å². The number of phenolic OH excluding ortho intramolecular Hbond substituents is 4. The zero-order valence-corrected chi connectivity index (χ0v) is 68.8. The number of nitrogens with two attached hydrogens (primary N) is 1. The van der Waals surface area contributed by atoms with Crippen molar-refractivity contribution in [3.05, 3.63) is 127 Å². The summed E-state index contributed by atoms with van der Waals surface area (Å²) in [7, 11) is 12.2. The Morgan fingerprint density at radius 2 is 1.46 bits per heavy atom. The second-order valence-corrected chi connectivity index (χ2v) is 32.4. The van der Waals surface area contributed by atoms with Gasteiger partial charge in [-0.2, -0.15) is 5.10 Å². The largest absolute Gasteiger partial charge is 0.508 e. The maximum atomic E-state index is 15.0. The molecule has 3 fully saturated rings. The molecule has 14 atom stereocenters. The highest BCUT2D eigenvalue weighted by molar-refractivity contribution is 6.26. The molecule has 118 heavy (non-hydrogen) atoms. The number of fused-ring (bicyclic) bond motifs is 17. The maximum absolute atomic E-state index is 15.0. The van der Waals surface area contributed by atoms with Crippen LogP contribution in [-0.4, -0.2) is 273 Å². The summed E-state index contributed by atoms with van der Waals surface area (Å²) in [5.74, 6) is -16.4. The number of piperazine rings is 2. The van der Waals surface area contributed by atoms with Gasteiger partial charge in [0.15, 0.2) is 28.7 Å². The van der Waals surface area contributed by atoms with Crippen LogP contribution < -0.4 is 35.8 Å². The standard InChI is InChI=1S/C43H58N4O12.C23H27N3O7.C18H20FN3O4/c1-21-12-11-13-22(2)42(55)45-33-28(20-44-47-17-15-46(9)16-18-47)37(52)30-31(38(33)53)36(51)26(6)40-32(30)41(54)43(8,59-40)57-19-14-29(56-10)23(3)39(58-27(7)48)25(5)35(50)24(4)34(21)49;1-25(2)12-5-6-13(27)15-10(12)7-9-8-11-17(26(3)4)19(29)16(22(24)32)21(31)23(11,33)20(30)14(9)18(15)28;1-10-9-26-17-14-11(16(23)12(18(24)25)8-22(10)14)7-13(19)15(17)21-5-3-20(2)4-6-21/h11-14,19-21,23-25,29,34-35,39,49-53H,15-18H2,1-10H3,(H,45,55);5-6,9,11,17,27-28,31,33H,7-8H2,1-4H3,(H2,24,32);7-8,10H,3-6,9H2,1-2H3,(H,24,25)/b12-11+,19-14+,22-13-,44-20+;;/t21-,23+,24+,25+,29-,34-,35+,39+,43-;9-,11-,17-,23-;/m00./s1. The third-order valence-corrected chi connectivity index (χ3v) is 24.1. The molecule has 14 rings (SSSR count). The van der Waals surface area contributed by atoms with Gasteiger partial charge in [0.05, 0.1) is 81.5 Å². The monoisotopic (exact) mass is 1640 g/mol. The van der Waals surface area contributed by atoms with Gasteiger partial charge >= 0.3 is 17.7 Å². The van der Waals surface area contributed by atoms with Crippen LogP contribution in [0.25, 0.3) is 27.4 Å². The number of pyridine rings is 1. The lowest BCUT2D eigenvalue weighted by Crippen LogP contribution is -2.65. The number of amides is 2. The predicted octanol–water partition coefficient (Wildman–Crippen LogP) is 5.91. The lowest BCUT2D eigenvalue weighted by molar-refractivity contribution is -0.160. The molecule has 0 spiro atoms. The van der Waals surface area contributed by atoms with Crippen LogP contribution in [0.4, 0.5) is 21.5 Å². The van der Waals surface area contributed by atoms with E-state index >= 15 is 0 Å². The zero-order valence-electron chi connectivity index (χ0n) is 68.8. The number of Topliss-reactive ketones (excluding diaryl/α,β-unsaturated/α-hetero) is 3. The number of ketones is 3. The van der Waals surface area contributed by atoms with Crippen molar-refractivity contribution in [2.75, 3.05) is 123 Å². The molecule has 9 aliphatic rings. The number of aromatic nitrogens is 1. The van der Waals surface area contributed by atoms with Crippen LogP contribution in [-0.2, 0) is 44.6 Å². The summed E-state index contributed by atoms with van der Waals surface area (Å²) in [5.41, 5.74) is 2.57. The third kappa shape index (κ3) is 15.8. The van der Waals surface area contributed by atoms with Crippen molar-refractivity contribution in [3.8, 4) is 34.5 Å². The number of nitrogens with one attached hydrogen (secondary N) is 1. The molecule has 1 saturated carbocycles. The van der Waals surface area contributed by atoms with Crippen LogP contribution in [0.3, 0.4) is 0 Å². The predicted molar refractivity (Wildman–Crippen MR) is 434 cm³/mol. The summed E-state index contributed by atoms with van der Waals surface area (Å²) in [6.07, 6.45) is 6.53. The quantitative estimate of drug-likeness (QED) is 0.0268. The van der Waals surface area contributed by atoms with E-state index in [2.05, 4.69) is 20.2 Å². The first-order valence-electron chi connectivity index (χ1n) is 38.9. The first-order chi connectivity index (χ1) is 55.4. The van der Waals surface area contributed by atoms with E-state index in [1.54, 1.807) is 69.6 Å². The van der Waals surface area contributed by atoms with E-state index in [1.807, 2.05) is 44.9 Å². The van der Waals surface area contributed by atoms with Gasteiger partial charge in [0.2, 0.25) is 11.2 Å². The summed E-state index contributed by atoms with van der Waals surface area (Å²) in [6.45, 7) is 20.2. The number of primary amides is 1. The smallest absolute Gasteiger partial charge is 0.341 e. The van der Waals surface area contributed by atoms with E-state index in [0.29, 0.717) is 48.7 Å². The number of aliphatic hydroxyl groups is 5. The van der Waals surface area contributed by atoms with Gasteiger partial charge in [-0.15, -0.1) is 0 Å². The molecule has 33 nitrogen and oxygen atoms in total. The number of hydrazone groups is 1. The fourth-order valence-electron chi connectivity index (χ4n) is 17.3. The Kier molecular flexibility index (Phi) is 25.3. The normalized spacial score (nSPS) is 28.6. The molecular formula is C84H105FN10O23. The summed E-state index contributed by atoms with van der Waals surface area (Å²) >= 11 is 0. The molecule has 4 aromatic carbocycles. The fourth-order valence-corrected chi connectivity index (χ4v) is 17.3. The van der Waals surface area contributed by atoms with E-state index in [0.717, 1.165) is 37.9 Å². The Labute approximate surface area is 680 Å². The highest BCUT2D eigenvalue weighted by Gasteiger charge is 2.64. The summed E-state index contributed by atoms with van der Waals surface area (Å²) in [4.78, 5) is 113. The van der Waals surface area contributed by atoms with Crippen molar-refractivity contribution in [1.29, 1.82) is 0 Å². The number of methoxy groups -OCH3 is 1. The topological polar surface area (TPSA) is 460 Å². The van der Waals surface area contributed by atoms with Crippen LogP contribution in [0.5, 0.6) is 34.5 Å². The van der Waals surface area contributed by atoms with Crippen LogP contribution in [0.1, 0.15) is 111 Å². The minimum absolute atomic E-state index is 0.0434. The average Bonchev–Trinajstić information content (AvgIpc) is 1.29. The van der Waals surface area contributed by atoms with Gasteiger partial charge in [0.1, 0.15) is 64.1 Å². The number of likely N-dealkylation sites (N-methyl/N-ethyl adjacent to an activating group) is 3. The van der Waals surface area contributed by atoms with Crippen LogP contribution in [0.2, 0.25) is 0 Å². The molecular weight excluding hydrogens is 1540 g/mol. The second-order valence-electron chi connectivity index (χ2n) is 32.4. The van der Waals surface area contributed by atoms with Gasteiger partial charge < -0.3 is 110 Å². The summed E-state index contributed by atoms with van der Waals surface area (Å²) < 4.78 is 46.2. The molecule has 1 aromatic heterocycles. The lowest BCUT2D eigenvalue weighted by atomic mass is 9.57. The van der Waals surface area contributed by atoms with Gasteiger partial charge in [-0.25, -0.2) is 9.18 Å². The number of hydrogen-bond donors (Lipinski definition) is 12. The molecule has 636 valence electrons. The number of esters is 1. The number of benzene rings is 4. The Balaban J connectivity index is 0.000000193. The van der Waals surface area contributed by atoms with E-state index in [9.17, 15) is 93.8 Å². The Hall–Kier alpha value is -11.1. The fraction of sp³-hybridized carbons (Fsp3) is 0.488. The molecule has 0 radical (unpaired) electrons. The SMILES string of the molecule is CC1COc2c(N3CCN(C)CC3)c(F)cc3c(=O)c(C(=O)O)cn1c23.CN(C)c1ccc(O)c2c1C[C@H]1C[C@H]3[C@H](N(C)C)C(=O)C(C(N)=O)=C(O)[C@@]3(O)C(=O)C1=C2O.CO[C@H]1/C=C/O[C@@]2(C)Oc3c(C)c(O)c4c(O)c(c(/C=N/N5CCN(C)CC5)c(O)c4c3C2=O)NC(=O)/C(C)=C\C=C\[C@H](C)[C@H](O)[C@@H](C)[C@@H](O)[C@@H](C)[C@H](OC(C)=O)[C@@H]1C. The number of anilines is 3. The van der Waals surface area contributed by atoms with E-state index in [1.165, 1.54) is 76.6 Å². The minimum Gasteiger partial charge on any atom is -0.508 e. The Morgan fingerprint density at radius 1 is 0.814 bits per heavy atom. The van der Waals surface area contributed by atoms with Crippen molar-refractivity contribution in [2.45, 2.75) is 123 Å². The molecule has 13 N–H and O–H groups in total. The van der Waals surface area contributed by atoms with Crippen molar-refractivity contribution in [2.24, 2.45) is 46.3 Å². The highest BCUT2D eigenvalue weighted by Crippen LogP contribution is 2.57. The molecule has 3 aliphatic carbocycles. The number of allylic oxidation sites excluding steroid dienone is 2. The van der Waals surface area contributed by atoms with Crippen molar-refractivity contribution >= 4 is 91.8 Å². The number of aromatic hydroxyl groups is 4. The highest BCUT2D eigenvalue weighted by atomic mass is 19.1. The summed E-state index contributed by atoms with van der Waals surface area (Å²) in [5, 5.41) is 120. The second kappa shape index (κ2) is 34.1. The molecule has 6 aliphatic heterocycles. The van der Waals surface area contributed by atoms with Crippen LogP contribution in [0.15, 0.2) is 87.3 Å². The first-order valence-corrected chi connectivity index (χ1v) is 38.9. The molecule has 5 bridgehead atoms. The average molecular weight is 1640 g/mol. The molecule has 5 aromatic rings. The van der Waals surface area contributed by atoms with E-state index in [-0.39, 0.29) is 97.8 Å². The van der Waals surface area contributed by atoms with Crippen LogP contribution in [0, 0.1) is 48.2 Å².